The van der Waals surface area contributed by atoms with Crippen LogP contribution in [0.25, 0.3) is 0 Å². The first kappa shape index (κ1) is 69.4. The van der Waals surface area contributed by atoms with Crippen LogP contribution in [-0.2, 0) is 28.6 Å². The summed E-state index contributed by atoms with van der Waals surface area (Å²) in [6.45, 7) is 6.66. The van der Waals surface area contributed by atoms with Crippen LogP contribution in [-0.4, -0.2) is 37.2 Å². The predicted octanol–water partition coefficient (Wildman–Crippen LogP) is 21.4. The van der Waals surface area contributed by atoms with E-state index in [9.17, 15) is 14.4 Å². The maximum Gasteiger partial charge on any atom is 0.306 e. The Morgan fingerprint density at radius 2 is 0.500 bits per heavy atom. The molecule has 6 heteroatoms. The fourth-order valence-electron chi connectivity index (χ4n) is 9.27. The highest BCUT2D eigenvalue weighted by molar-refractivity contribution is 5.71. The first-order chi connectivity index (χ1) is 35.5. The van der Waals surface area contributed by atoms with E-state index in [0.717, 1.165) is 77.0 Å². The molecule has 0 aliphatic heterocycles. The summed E-state index contributed by atoms with van der Waals surface area (Å²) in [5, 5.41) is 0. The molecule has 0 spiro atoms. The lowest BCUT2D eigenvalue weighted by Crippen LogP contribution is -2.30. The Hall–Kier alpha value is -2.63. The normalized spacial score (nSPS) is 12.3. The first-order valence-electron chi connectivity index (χ1n) is 31.6. The summed E-state index contributed by atoms with van der Waals surface area (Å²) in [6.07, 6.45) is 75.3. The van der Waals surface area contributed by atoms with E-state index in [-0.39, 0.29) is 31.1 Å². The molecule has 0 aliphatic rings. The van der Waals surface area contributed by atoms with Crippen molar-refractivity contribution in [2.24, 2.45) is 0 Å². The first-order valence-corrected chi connectivity index (χ1v) is 31.6. The molecule has 0 aromatic rings. The number of allylic oxidation sites excluding steroid dienone is 8. The average molecular weight is 1010 g/mol. The summed E-state index contributed by atoms with van der Waals surface area (Å²) in [6, 6.07) is 0. The Morgan fingerprint density at radius 3 is 0.792 bits per heavy atom. The lowest BCUT2D eigenvalue weighted by atomic mass is 10.0. The standard InChI is InChI=1S/C66H120O6/c1-4-7-10-13-16-19-22-25-28-30-32-33-35-36-38-41-44-47-50-53-56-59-65(68)71-62-63(61-70-64(67)58-55-52-49-46-43-40-27-24-21-18-15-12-9-6-3)72-66(69)60-57-54-51-48-45-42-39-37-34-31-29-26-23-20-17-14-11-8-5-2/h22,25-26,29-30,32,35-36,63H,4-21,23-24,27-28,31,33-34,37-62H2,1-3H3/b25-22-,29-26-,32-30-,36-35-. The molecule has 0 aliphatic carbocycles. The Bertz CT molecular complexity index is 1250. The monoisotopic (exact) mass is 1010 g/mol. The van der Waals surface area contributed by atoms with Gasteiger partial charge in [0.05, 0.1) is 0 Å². The van der Waals surface area contributed by atoms with Crippen LogP contribution in [0, 0.1) is 0 Å². The Morgan fingerprint density at radius 1 is 0.278 bits per heavy atom. The van der Waals surface area contributed by atoms with Gasteiger partial charge in [-0.05, 0) is 83.5 Å². The van der Waals surface area contributed by atoms with Gasteiger partial charge in [0.2, 0.25) is 0 Å². The summed E-state index contributed by atoms with van der Waals surface area (Å²) in [4.78, 5) is 38.3. The van der Waals surface area contributed by atoms with E-state index in [1.165, 1.54) is 218 Å². The Labute approximate surface area is 448 Å². The van der Waals surface area contributed by atoms with Crippen molar-refractivity contribution in [1.82, 2.24) is 0 Å². The van der Waals surface area contributed by atoms with E-state index in [2.05, 4.69) is 69.4 Å². The summed E-state index contributed by atoms with van der Waals surface area (Å²) >= 11 is 0. The van der Waals surface area contributed by atoms with Gasteiger partial charge in [-0.15, -0.1) is 0 Å². The van der Waals surface area contributed by atoms with Gasteiger partial charge in [0.1, 0.15) is 13.2 Å². The van der Waals surface area contributed by atoms with E-state index in [4.69, 9.17) is 14.2 Å². The number of esters is 3. The van der Waals surface area contributed by atoms with E-state index in [1.54, 1.807) is 0 Å². The molecule has 6 nitrogen and oxygen atoms in total. The number of carbonyl (C=O) groups excluding carboxylic acids is 3. The van der Waals surface area contributed by atoms with Crippen molar-refractivity contribution in [2.45, 2.75) is 341 Å². The average Bonchev–Trinajstić information content (AvgIpc) is 3.38. The smallest absolute Gasteiger partial charge is 0.306 e. The molecule has 0 rings (SSSR count). The summed E-state index contributed by atoms with van der Waals surface area (Å²) < 4.78 is 16.9. The maximum atomic E-state index is 12.9. The molecule has 72 heavy (non-hydrogen) atoms. The van der Waals surface area contributed by atoms with Crippen LogP contribution in [0.4, 0.5) is 0 Å². The number of carbonyl (C=O) groups is 3. The van der Waals surface area contributed by atoms with E-state index in [1.807, 2.05) is 0 Å². The van der Waals surface area contributed by atoms with Crippen molar-refractivity contribution >= 4 is 17.9 Å². The third kappa shape index (κ3) is 58.3. The summed E-state index contributed by atoms with van der Waals surface area (Å²) in [5.41, 5.74) is 0. The van der Waals surface area contributed by atoms with Crippen LogP contribution in [0.5, 0.6) is 0 Å². The molecule has 0 N–H and O–H groups in total. The van der Waals surface area contributed by atoms with Gasteiger partial charge in [-0.25, -0.2) is 0 Å². The minimum absolute atomic E-state index is 0.0746. The molecule has 1 unspecified atom stereocenters. The largest absolute Gasteiger partial charge is 0.462 e. The zero-order valence-electron chi connectivity index (χ0n) is 48.2. The molecule has 1 atom stereocenters. The van der Waals surface area contributed by atoms with Crippen LogP contribution >= 0.6 is 0 Å². The fraction of sp³-hybridized carbons (Fsp3) is 0.833. The minimum Gasteiger partial charge on any atom is -0.462 e. The van der Waals surface area contributed by atoms with Gasteiger partial charge < -0.3 is 14.2 Å². The van der Waals surface area contributed by atoms with Crippen molar-refractivity contribution in [3.05, 3.63) is 48.6 Å². The second kappa shape index (κ2) is 60.9. The molecule has 0 amide bonds. The molecule has 0 bridgehead atoms. The van der Waals surface area contributed by atoms with Crippen molar-refractivity contribution in [3.8, 4) is 0 Å². The van der Waals surface area contributed by atoms with Crippen LogP contribution in [0.3, 0.4) is 0 Å². The predicted molar refractivity (Wildman–Crippen MR) is 312 cm³/mol. The number of rotatable bonds is 58. The van der Waals surface area contributed by atoms with E-state index in [0.29, 0.717) is 19.3 Å². The quantitative estimate of drug-likeness (QED) is 0.0261. The van der Waals surface area contributed by atoms with Crippen LogP contribution in [0.15, 0.2) is 48.6 Å². The zero-order valence-corrected chi connectivity index (χ0v) is 48.2. The Kier molecular flexibility index (Phi) is 58.7. The lowest BCUT2D eigenvalue weighted by Gasteiger charge is -2.18. The van der Waals surface area contributed by atoms with Gasteiger partial charge in [-0.3, -0.25) is 14.4 Å². The third-order valence-corrected chi connectivity index (χ3v) is 14.1. The molecule has 0 aromatic heterocycles. The second-order valence-electron chi connectivity index (χ2n) is 21.3. The van der Waals surface area contributed by atoms with Crippen molar-refractivity contribution < 1.29 is 28.6 Å². The molecule has 0 saturated carbocycles. The molecule has 0 aromatic carbocycles. The summed E-state index contributed by atoms with van der Waals surface area (Å²) in [5.74, 6) is -0.870. The highest BCUT2D eigenvalue weighted by Crippen LogP contribution is 2.17. The van der Waals surface area contributed by atoms with Crippen LogP contribution < -0.4 is 0 Å². The highest BCUT2D eigenvalue weighted by atomic mass is 16.6. The SMILES string of the molecule is CCCCCCC/C=C\C/C=C\C/C=C\CCCCCCCCC(=O)OCC(COC(=O)CCCCCCCCCCCCCCCC)OC(=O)CCCCCCCCCCC/C=C\CCCCCCCC. The summed E-state index contributed by atoms with van der Waals surface area (Å²) in [7, 11) is 0. The van der Waals surface area contributed by atoms with Gasteiger partial charge in [0.25, 0.3) is 0 Å². The van der Waals surface area contributed by atoms with Gasteiger partial charge >= 0.3 is 17.9 Å². The van der Waals surface area contributed by atoms with Gasteiger partial charge in [0, 0.05) is 19.3 Å². The lowest BCUT2D eigenvalue weighted by molar-refractivity contribution is -0.167. The molecule has 0 saturated heterocycles. The van der Waals surface area contributed by atoms with Crippen molar-refractivity contribution in [2.75, 3.05) is 13.2 Å². The minimum atomic E-state index is -0.778. The van der Waals surface area contributed by atoms with E-state index >= 15 is 0 Å². The van der Waals surface area contributed by atoms with Gasteiger partial charge in [-0.1, -0.05) is 281 Å². The van der Waals surface area contributed by atoms with Gasteiger partial charge in [-0.2, -0.15) is 0 Å². The van der Waals surface area contributed by atoms with Crippen molar-refractivity contribution in [1.29, 1.82) is 0 Å². The molecular formula is C66H120O6. The number of unbranched alkanes of at least 4 members (excludes halogenated alkanes) is 39. The van der Waals surface area contributed by atoms with E-state index < -0.39 is 6.10 Å². The van der Waals surface area contributed by atoms with Crippen LogP contribution in [0.2, 0.25) is 0 Å². The number of hydrogen-bond donors (Lipinski definition) is 0. The van der Waals surface area contributed by atoms with Crippen molar-refractivity contribution in [3.63, 3.8) is 0 Å². The second-order valence-corrected chi connectivity index (χ2v) is 21.3. The third-order valence-electron chi connectivity index (χ3n) is 14.1. The molecule has 0 radical (unpaired) electrons. The fourth-order valence-corrected chi connectivity index (χ4v) is 9.27. The number of ether oxygens (including phenoxy) is 3. The van der Waals surface area contributed by atoms with Crippen LogP contribution in [0.1, 0.15) is 335 Å². The molecule has 0 fully saturated rings. The molecule has 0 heterocycles. The molecular weight excluding hydrogens is 889 g/mol. The maximum absolute atomic E-state index is 12.9. The zero-order chi connectivity index (χ0) is 52.2. The number of hydrogen-bond acceptors (Lipinski definition) is 6. The highest BCUT2D eigenvalue weighted by Gasteiger charge is 2.19. The Balaban J connectivity index is 4.35. The van der Waals surface area contributed by atoms with Gasteiger partial charge in [0.15, 0.2) is 6.10 Å². The topological polar surface area (TPSA) is 78.9 Å². The molecule has 420 valence electrons.